The van der Waals surface area contributed by atoms with Gasteiger partial charge in [-0.05, 0) is 12.7 Å². The van der Waals surface area contributed by atoms with Gasteiger partial charge in [-0.1, -0.05) is 20.3 Å². The van der Waals surface area contributed by atoms with E-state index < -0.39 is 0 Å². The van der Waals surface area contributed by atoms with Gasteiger partial charge in [-0.25, -0.2) is 0 Å². The number of rotatable bonds is 6. The van der Waals surface area contributed by atoms with Gasteiger partial charge in [0.25, 0.3) is 0 Å². The molecule has 0 spiro atoms. The first kappa shape index (κ1) is 13.6. The van der Waals surface area contributed by atoms with Crippen molar-refractivity contribution in [3.05, 3.63) is 0 Å². The van der Waals surface area contributed by atoms with E-state index in [-0.39, 0.29) is 0 Å². The number of guanidine groups is 1. The maximum atomic E-state index is 4.15. The largest absolute Gasteiger partial charge is 0.356 e. The molecule has 0 bridgehead atoms. The van der Waals surface area contributed by atoms with Crippen LogP contribution in [0.3, 0.4) is 0 Å². The molecule has 0 aliphatic carbocycles. The fourth-order valence-electron chi connectivity index (χ4n) is 0.928. The lowest BCUT2D eigenvalue weighted by atomic mass is 10.3. The molecule has 0 aliphatic heterocycles. The van der Waals surface area contributed by atoms with Crippen molar-refractivity contribution in [3.8, 4) is 0 Å². The van der Waals surface area contributed by atoms with E-state index in [0.29, 0.717) is 5.25 Å². The van der Waals surface area contributed by atoms with Gasteiger partial charge in [-0.3, -0.25) is 4.99 Å². The average Bonchev–Trinajstić information content (AvgIpc) is 2.22. The minimum Gasteiger partial charge on any atom is -0.356 e. The highest BCUT2D eigenvalue weighted by Gasteiger charge is 2.00. The van der Waals surface area contributed by atoms with E-state index in [1.165, 1.54) is 12.8 Å². The van der Waals surface area contributed by atoms with E-state index in [0.717, 1.165) is 19.0 Å². The lowest BCUT2D eigenvalue weighted by Gasteiger charge is -2.14. The van der Waals surface area contributed by atoms with Crippen molar-refractivity contribution in [1.29, 1.82) is 0 Å². The van der Waals surface area contributed by atoms with Crippen molar-refractivity contribution in [2.75, 3.05) is 26.4 Å². The van der Waals surface area contributed by atoms with E-state index in [1.54, 1.807) is 0 Å². The van der Waals surface area contributed by atoms with Gasteiger partial charge in [-0.15, -0.1) is 0 Å². The monoisotopic (exact) mass is 217 g/mol. The Morgan fingerprint density at radius 3 is 2.64 bits per heavy atom. The Hall–Kier alpha value is -0.380. The molecule has 0 radical (unpaired) electrons. The molecule has 1 unspecified atom stereocenters. The Labute approximate surface area is 92.1 Å². The molecule has 0 heterocycles. The van der Waals surface area contributed by atoms with Gasteiger partial charge in [0.15, 0.2) is 5.96 Å². The summed E-state index contributed by atoms with van der Waals surface area (Å²) in [4.78, 5) is 4.15. The molecular formula is C10H23N3S. The summed E-state index contributed by atoms with van der Waals surface area (Å²) in [7, 11) is 1.81. The molecule has 0 fully saturated rings. The van der Waals surface area contributed by atoms with Crippen molar-refractivity contribution in [3.63, 3.8) is 0 Å². The molecule has 0 rings (SSSR count). The smallest absolute Gasteiger partial charge is 0.191 e. The zero-order valence-electron chi connectivity index (χ0n) is 9.76. The second kappa shape index (κ2) is 9.19. The van der Waals surface area contributed by atoms with Crippen LogP contribution in [-0.2, 0) is 0 Å². The molecule has 0 saturated heterocycles. The topological polar surface area (TPSA) is 36.4 Å². The number of thioether (sulfide) groups is 1. The number of nitrogens with one attached hydrogen (secondary N) is 2. The number of aliphatic imine (C=N–C) groups is 1. The fraction of sp³-hybridized carbons (Fsp3) is 0.900. The molecule has 0 amide bonds. The Morgan fingerprint density at radius 2 is 2.14 bits per heavy atom. The van der Waals surface area contributed by atoms with Gasteiger partial charge in [-0.2, -0.15) is 11.8 Å². The zero-order chi connectivity index (χ0) is 10.8. The second-order valence-electron chi connectivity index (χ2n) is 3.28. The quantitative estimate of drug-likeness (QED) is 0.404. The number of unbranched alkanes of at least 4 members (excludes halogenated alkanes) is 1. The van der Waals surface area contributed by atoms with E-state index >= 15 is 0 Å². The summed E-state index contributed by atoms with van der Waals surface area (Å²) in [6.45, 7) is 6.36. The van der Waals surface area contributed by atoms with E-state index in [2.05, 4.69) is 35.7 Å². The summed E-state index contributed by atoms with van der Waals surface area (Å²) in [5, 5.41) is 7.20. The zero-order valence-corrected chi connectivity index (χ0v) is 10.6. The van der Waals surface area contributed by atoms with Crippen molar-refractivity contribution in [2.24, 2.45) is 4.99 Å². The third kappa shape index (κ3) is 7.06. The maximum Gasteiger partial charge on any atom is 0.191 e. The van der Waals surface area contributed by atoms with Crippen LogP contribution >= 0.6 is 11.8 Å². The SMILES string of the molecule is CCCCNC(=NC)NCC(C)SC. The van der Waals surface area contributed by atoms with Crippen molar-refractivity contribution in [2.45, 2.75) is 31.9 Å². The lowest BCUT2D eigenvalue weighted by Crippen LogP contribution is -2.40. The molecule has 0 aromatic heterocycles. The molecule has 14 heavy (non-hydrogen) atoms. The van der Waals surface area contributed by atoms with Gasteiger partial charge < -0.3 is 10.6 Å². The highest BCUT2D eigenvalue weighted by Crippen LogP contribution is 2.01. The summed E-state index contributed by atoms with van der Waals surface area (Å²) in [6, 6.07) is 0. The second-order valence-corrected chi connectivity index (χ2v) is 4.56. The van der Waals surface area contributed by atoms with Gasteiger partial charge in [0.1, 0.15) is 0 Å². The Bertz CT molecular complexity index is 159. The molecule has 84 valence electrons. The van der Waals surface area contributed by atoms with E-state index in [4.69, 9.17) is 0 Å². The summed E-state index contributed by atoms with van der Waals surface area (Å²) in [6.07, 6.45) is 4.53. The van der Waals surface area contributed by atoms with E-state index in [9.17, 15) is 0 Å². The summed E-state index contributed by atoms with van der Waals surface area (Å²) < 4.78 is 0. The average molecular weight is 217 g/mol. The molecule has 0 aromatic carbocycles. The van der Waals surface area contributed by atoms with Crippen LogP contribution in [0.5, 0.6) is 0 Å². The third-order valence-electron chi connectivity index (χ3n) is 2.01. The van der Waals surface area contributed by atoms with Gasteiger partial charge in [0.05, 0.1) is 0 Å². The Balaban J connectivity index is 3.59. The first-order valence-electron chi connectivity index (χ1n) is 5.21. The van der Waals surface area contributed by atoms with Crippen LogP contribution in [0, 0.1) is 0 Å². The van der Waals surface area contributed by atoms with E-state index in [1.807, 2.05) is 18.8 Å². The standard InChI is InChI=1S/C10H23N3S/c1-5-6-7-12-10(11-3)13-8-9(2)14-4/h9H,5-8H2,1-4H3,(H2,11,12,13). The van der Waals surface area contributed by atoms with Crippen LogP contribution < -0.4 is 10.6 Å². The highest BCUT2D eigenvalue weighted by atomic mass is 32.2. The number of hydrogen-bond donors (Lipinski definition) is 2. The molecule has 2 N–H and O–H groups in total. The van der Waals surface area contributed by atoms with Crippen LogP contribution in [0.15, 0.2) is 4.99 Å². The summed E-state index contributed by atoms with van der Waals surface area (Å²) >= 11 is 1.86. The predicted octanol–water partition coefficient (Wildman–Crippen LogP) is 1.70. The predicted molar refractivity (Wildman–Crippen MR) is 67.2 cm³/mol. The van der Waals surface area contributed by atoms with Crippen LogP contribution in [0.25, 0.3) is 0 Å². The first-order chi connectivity index (χ1) is 6.74. The van der Waals surface area contributed by atoms with Crippen molar-refractivity contribution >= 4 is 17.7 Å². The summed E-state index contributed by atoms with van der Waals surface area (Å²) in [5.41, 5.74) is 0. The number of nitrogens with zero attached hydrogens (tertiary/aromatic N) is 1. The first-order valence-corrected chi connectivity index (χ1v) is 6.50. The Kier molecular flexibility index (Phi) is 8.94. The molecule has 0 saturated carbocycles. The minimum atomic E-state index is 0.625. The minimum absolute atomic E-state index is 0.625. The van der Waals surface area contributed by atoms with Gasteiger partial charge >= 0.3 is 0 Å². The van der Waals surface area contributed by atoms with Crippen molar-refractivity contribution in [1.82, 2.24) is 10.6 Å². The van der Waals surface area contributed by atoms with Gasteiger partial charge in [0, 0.05) is 25.4 Å². The Morgan fingerprint density at radius 1 is 1.43 bits per heavy atom. The van der Waals surface area contributed by atoms with Crippen LogP contribution in [0.1, 0.15) is 26.7 Å². The summed E-state index contributed by atoms with van der Waals surface area (Å²) in [5.74, 6) is 0.916. The highest BCUT2D eigenvalue weighted by molar-refractivity contribution is 7.99. The molecule has 1 atom stereocenters. The lowest BCUT2D eigenvalue weighted by molar-refractivity contribution is 0.726. The molecule has 3 nitrogen and oxygen atoms in total. The third-order valence-corrected chi connectivity index (χ3v) is 2.98. The fourth-order valence-corrected chi connectivity index (χ4v) is 1.18. The van der Waals surface area contributed by atoms with Crippen molar-refractivity contribution < 1.29 is 0 Å². The normalized spacial score (nSPS) is 13.9. The van der Waals surface area contributed by atoms with Crippen LogP contribution in [0.2, 0.25) is 0 Å². The van der Waals surface area contributed by atoms with Crippen LogP contribution in [0.4, 0.5) is 0 Å². The molecule has 0 aromatic rings. The number of hydrogen-bond acceptors (Lipinski definition) is 2. The maximum absolute atomic E-state index is 4.15. The molecule has 0 aliphatic rings. The van der Waals surface area contributed by atoms with Crippen LogP contribution in [-0.4, -0.2) is 37.6 Å². The molecule has 4 heteroatoms. The van der Waals surface area contributed by atoms with Gasteiger partial charge in [0.2, 0.25) is 0 Å². The molecular weight excluding hydrogens is 194 g/mol.